The van der Waals surface area contributed by atoms with Gasteiger partial charge in [-0.15, -0.1) is 0 Å². The molecule has 1 N–H and O–H groups in total. The van der Waals surface area contributed by atoms with Gasteiger partial charge < -0.3 is 10.1 Å². The maximum absolute atomic E-state index is 11.3. The van der Waals surface area contributed by atoms with E-state index in [1.165, 1.54) is 10.8 Å². The van der Waals surface area contributed by atoms with E-state index < -0.39 is 0 Å². The van der Waals surface area contributed by atoms with Crippen molar-refractivity contribution in [2.45, 2.75) is 55.0 Å². The van der Waals surface area contributed by atoms with Crippen LogP contribution in [0.15, 0.2) is 66.7 Å². The second-order valence-corrected chi connectivity index (χ2v) is 7.35. The molecule has 3 aromatic rings. The molecule has 0 aromatic heterocycles. The molecule has 3 heteroatoms. The highest BCUT2D eigenvalue weighted by molar-refractivity contribution is 5.94. The van der Waals surface area contributed by atoms with Gasteiger partial charge in [0, 0.05) is 23.1 Å². The van der Waals surface area contributed by atoms with Crippen LogP contribution in [0.2, 0.25) is 0 Å². The molecule has 0 atom stereocenters. The second-order valence-electron chi connectivity index (χ2n) is 7.35. The van der Waals surface area contributed by atoms with Crippen LogP contribution in [0.3, 0.4) is 0 Å². The Morgan fingerprint density at radius 3 is 2.03 bits per heavy atom. The minimum atomic E-state index is -0.00870. The Balaban J connectivity index is 0.000000568. The summed E-state index contributed by atoms with van der Waals surface area (Å²) in [6, 6.07) is 21.7. The molecule has 32 heavy (non-hydrogen) atoms. The van der Waals surface area contributed by atoms with Gasteiger partial charge in [-0.1, -0.05) is 77.3 Å². The number of amides is 1. The van der Waals surface area contributed by atoms with Crippen LogP contribution in [-0.2, 0) is 0 Å². The summed E-state index contributed by atoms with van der Waals surface area (Å²) in [5.74, 6) is 7.64. The van der Waals surface area contributed by atoms with Crippen LogP contribution in [0.25, 0.3) is 10.8 Å². The Bertz CT molecular complexity index is 996. The van der Waals surface area contributed by atoms with Gasteiger partial charge in [-0.25, -0.2) is 0 Å². The summed E-state index contributed by atoms with van der Waals surface area (Å²) in [5, 5.41) is 5.20. The summed E-state index contributed by atoms with van der Waals surface area (Å²) in [5.41, 5.74) is 1.78. The zero-order valence-electron chi connectivity index (χ0n) is 19.8. The molecule has 0 heterocycles. The van der Waals surface area contributed by atoms with Gasteiger partial charge in [-0.3, -0.25) is 4.79 Å². The number of carbonyl (C=O) groups excluding carboxylic acids is 1. The monoisotopic (exact) mass is 433 g/mol. The fourth-order valence-electron chi connectivity index (χ4n) is 2.59. The first-order valence-electron chi connectivity index (χ1n) is 10.8. The van der Waals surface area contributed by atoms with E-state index in [0.29, 0.717) is 11.5 Å². The first-order chi connectivity index (χ1) is 14.9. The topological polar surface area (TPSA) is 38.3 Å². The maximum Gasteiger partial charge on any atom is 0.251 e. The Hall–Kier alpha value is -3.25. The third-order valence-electron chi connectivity index (χ3n) is 4.01. The summed E-state index contributed by atoms with van der Waals surface area (Å²) < 4.78 is 5.20. The van der Waals surface area contributed by atoms with E-state index in [-0.39, 0.29) is 19.4 Å². The van der Waals surface area contributed by atoms with E-state index >= 15 is 0 Å². The maximum atomic E-state index is 11.3. The molecule has 1 amide bonds. The average Bonchev–Trinajstić information content (AvgIpc) is 2.79. The van der Waals surface area contributed by atoms with Crippen LogP contribution in [-0.4, -0.2) is 19.1 Å². The Kier molecular flexibility index (Phi) is 14.0. The van der Waals surface area contributed by atoms with Crippen molar-refractivity contribution in [2.75, 3.05) is 7.11 Å². The number of fused-ring (bicyclic) bond motifs is 1. The van der Waals surface area contributed by atoms with E-state index in [0.717, 1.165) is 11.3 Å². The second kappa shape index (κ2) is 15.5. The number of benzene rings is 3. The summed E-state index contributed by atoms with van der Waals surface area (Å²) >= 11 is 0. The van der Waals surface area contributed by atoms with E-state index in [1.807, 2.05) is 58.0 Å². The highest BCUT2D eigenvalue weighted by atomic mass is 16.5. The van der Waals surface area contributed by atoms with Gasteiger partial charge >= 0.3 is 0 Å². The number of ether oxygens (including phenoxy) is 1. The van der Waals surface area contributed by atoms with Crippen molar-refractivity contribution in [3.63, 3.8) is 0 Å². The Morgan fingerprint density at radius 2 is 1.47 bits per heavy atom. The molecular weight excluding hydrogens is 394 g/mol. The molecule has 0 aliphatic carbocycles. The number of hydrogen-bond acceptors (Lipinski definition) is 2. The van der Waals surface area contributed by atoms with Crippen LogP contribution < -0.4 is 10.1 Å². The van der Waals surface area contributed by atoms with Gasteiger partial charge in [0.2, 0.25) is 0 Å². The number of rotatable bonds is 3. The fourth-order valence-corrected chi connectivity index (χ4v) is 2.59. The van der Waals surface area contributed by atoms with Crippen molar-refractivity contribution in [3.8, 4) is 17.6 Å². The van der Waals surface area contributed by atoms with Gasteiger partial charge in [-0.2, -0.15) is 0 Å². The summed E-state index contributed by atoms with van der Waals surface area (Å²) in [6.45, 7) is 12.1. The van der Waals surface area contributed by atoms with Crippen molar-refractivity contribution in [2.24, 2.45) is 5.92 Å². The van der Waals surface area contributed by atoms with Crippen LogP contribution >= 0.6 is 0 Å². The largest absolute Gasteiger partial charge is 0.497 e. The van der Waals surface area contributed by atoms with Gasteiger partial charge in [0.1, 0.15) is 5.75 Å². The molecule has 172 valence electrons. The van der Waals surface area contributed by atoms with Crippen LogP contribution in [0, 0.1) is 17.8 Å². The number of methoxy groups -OCH3 is 1. The van der Waals surface area contributed by atoms with Gasteiger partial charge in [-0.05, 0) is 61.0 Å². The summed E-state index contributed by atoms with van der Waals surface area (Å²) in [4.78, 5) is 11.3. The van der Waals surface area contributed by atoms with E-state index in [9.17, 15) is 4.79 Å². The molecule has 0 aliphatic rings. The quantitative estimate of drug-likeness (QED) is 0.439. The normalized spacial score (nSPS) is 9.28. The van der Waals surface area contributed by atoms with Crippen LogP contribution in [0.1, 0.15) is 64.9 Å². The lowest BCUT2D eigenvalue weighted by Crippen LogP contribution is -2.29. The molecule has 0 spiro atoms. The Labute approximate surface area is 195 Å². The summed E-state index contributed by atoms with van der Waals surface area (Å²) in [6.07, 6.45) is 0. The predicted octanol–water partition coefficient (Wildman–Crippen LogP) is 7.34. The molecule has 0 aliphatic heterocycles. The average molecular weight is 434 g/mol. The molecular formula is C29H39NO2. The third-order valence-corrected chi connectivity index (χ3v) is 4.01. The minimum absolute atomic E-state index is 0. The number of nitrogens with one attached hydrogen (secondary N) is 1. The van der Waals surface area contributed by atoms with Crippen LogP contribution in [0.4, 0.5) is 0 Å². The molecule has 3 aromatic carbocycles. The van der Waals surface area contributed by atoms with Crippen molar-refractivity contribution in [1.29, 1.82) is 0 Å². The zero-order chi connectivity index (χ0) is 23.2. The van der Waals surface area contributed by atoms with Gasteiger partial charge in [0.05, 0.1) is 7.11 Å². The van der Waals surface area contributed by atoms with Crippen molar-refractivity contribution < 1.29 is 9.53 Å². The molecule has 0 saturated carbocycles. The van der Waals surface area contributed by atoms with Crippen molar-refractivity contribution in [3.05, 3.63) is 77.9 Å². The van der Waals surface area contributed by atoms with E-state index in [2.05, 4.69) is 55.3 Å². The lowest BCUT2D eigenvalue weighted by Gasteiger charge is -2.07. The molecule has 3 nitrogen and oxygen atoms in total. The fraction of sp³-hybridized carbons (Fsp3) is 0.345. The highest BCUT2D eigenvalue weighted by Gasteiger charge is 2.04. The van der Waals surface area contributed by atoms with Crippen LogP contribution in [0.5, 0.6) is 5.75 Å². The first kappa shape index (κ1) is 28.8. The SMILES string of the molecule is C.CC.CC(C)NC(=O)c1ccccc1.COc1ccc2cc(C#CC(C)C)ccc2c1. The lowest BCUT2D eigenvalue weighted by atomic mass is 10.1. The zero-order valence-corrected chi connectivity index (χ0v) is 19.8. The number of carbonyl (C=O) groups is 1. The minimum Gasteiger partial charge on any atom is -0.497 e. The predicted molar refractivity (Wildman–Crippen MR) is 139 cm³/mol. The summed E-state index contributed by atoms with van der Waals surface area (Å²) in [7, 11) is 1.68. The molecule has 0 fully saturated rings. The number of hydrogen-bond donors (Lipinski definition) is 1. The molecule has 0 bridgehead atoms. The lowest BCUT2D eigenvalue weighted by molar-refractivity contribution is 0.0943. The molecule has 0 unspecified atom stereocenters. The van der Waals surface area contributed by atoms with Gasteiger partial charge in [0.25, 0.3) is 5.91 Å². The third kappa shape index (κ3) is 10.2. The smallest absolute Gasteiger partial charge is 0.251 e. The van der Waals surface area contributed by atoms with Gasteiger partial charge in [0.15, 0.2) is 0 Å². The first-order valence-corrected chi connectivity index (χ1v) is 10.8. The van der Waals surface area contributed by atoms with Crippen molar-refractivity contribution >= 4 is 16.7 Å². The molecule has 0 radical (unpaired) electrons. The molecule has 3 rings (SSSR count). The molecule has 0 saturated heterocycles. The highest BCUT2D eigenvalue weighted by Crippen LogP contribution is 2.21. The van der Waals surface area contributed by atoms with Crippen molar-refractivity contribution in [1.82, 2.24) is 5.32 Å². The van der Waals surface area contributed by atoms with E-state index in [4.69, 9.17) is 4.74 Å². The van der Waals surface area contributed by atoms with E-state index in [1.54, 1.807) is 19.2 Å². The Morgan fingerprint density at radius 1 is 0.875 bits per heavy atom. The standard InChI is InChI=1S/C16H16O.C10H13NO.C2H6.CH4/c1-12(2)4-5-13-6-7-15-11-16(17-3)9-8-14(15)10-13;1-8(2)11-10(12)9-6-4-3-5-7-9;1-2;/h6-12H,1-3H3;3-8H,1-2H3,(H,11,12);1-2H3;1H4.